The fraction of sp³-hybridized carbons (Fsp3) is 0.409. The number of aromatic nitrogens is 2. The number of hydrogen-bond acceptors (Lipinski definition) is 6. The summed E-state index contributed by atoms with van der Waals surface area (Å²) in [6, 6.07) is 7.29. The number of carbonyl (C=O) groups is 1. The van der Waals surface area contributed by atoms with Crippen LogP contribution in [0.1, 0.15) is 37.1 Å². The summed E-state index contributed by atoms with van der Waals surface area (Å²) in [7, 11) is 1.57. The van der Waals surface area contributed by atoms with Crippen LogP contribution in [0.15, 0.2) is 34.2 Å². The summed E-state index contributed by atoms with van der Waals surface area (Å²) >= 11 is 2.84. The topological polar surface area (TPSA) is 73.2 Å². The largest absolute Gasteiger partial charge is 0.495 e. The fourth-order valence-corrected chi connectivity index (χ4v) is 5.11. The lowest BCUT2D eigenvalue weighted by atomic mass is 10.2. The summed E-state index contributed by atoms with van der Waals surface area (Å²) < 4.78 is 7.03. The zero-order chi connectivity index (χ0) is 21.8. The molecule has 8 heteroatoms. The SMILES string of the molecule is CCCCn1c(S[C@@H](C)C(=O)Nc2ccccc2OC)nc2sc(C)c(C)c2c1=O. The van der Waals surface area contributed by atoms with Gasteiger partial charge in [0.2, 0.25) is 5.91 Å². The van der Waals surface area contributed by atoms with E-state index in [0.717, 1.165) is 28.1 Å². The molecule has 6 nitrogen and oxygen atoms in total. The van der Waals surface area contributed by atoms with Gasteiger partial charge < -0.3 is 10.1 Å². The van der Waals surface area contributed by atoms with E-state index in [-0.39, 0.29) is 11.5 Å². The molecule has 2 heterocycles. The first kappa shape index (κ1) is 22.4. The Hall–Kier alpha value is -2.32. The third-order valence-corrected chi connectivity index (χ3v) is 7.20. The number of ether oxygens (including phenoxy) is 1. The molecule has 3 aromatic rings. The zero-order valence-corrected chi connectivity index (χ0v) is 19.6. The zero-order valence-electron chi connectivity index (χ0n) is 17.9. The van der Waals surface area contributed by atoms with Crippen LogP contribution < -0.4 is 15.6 Å². The van der Waals surface area contributed by atoms with Crippen molar-refractivity contribution < 1.29 is 9.53 Å². The van der Waals surface area contributed by atoms with E-state index in [4.69, 9.17) is 9.72 Å². The normalized spacial score (nSPS) is 12.2. The predicted octanol–water partition coefficient (Wildman–Crippen LogP) is 5.00. The van der Waals surface area contributed by atoms with Crippen molar-refractivity contribution in [3.8, 4) is 5.75 Å². The Kier molecular flexibility index (Phi) is 7.20. The third-order valence-electron chi connectivity index (χ3n) is 5.01. The van der Waals surface area contributed by atoms with Crippen LogP contribution in [0.4, 0.5) is 5.69 Å². The van der Waals surface area contributed by atoms with Crippen molar-refractivity contribution in [3.05, 3.63) is 45.1 Å². The van der Waals surface area contributed by atoms with Crippen molar-refractivity contribution in [2.45, 2.75) is 57.5 Å². The van der Waals surface area contributed by atoms with Gasteiger partial charge in [-0.3, -0.25) is 14.2 Å². The van der Waals surface area contributed by atoms with Crippen LogP contribution in [0.25, 0.3) is 10.2 Å². The molecule has 2 aromatic heterocycles. The van der Waals surface area contributed by atoms with E-state index >= 15 is 0 Å². The Morgan fingerprint density at radius 2 is 2.07 bits per heavy atom. The lowest BCUT2D eigenvalue weighted by Crippen LogP contribution is -2.27. The number of nitrogens with one attached hydrogen (secondary N) is 1. The van der Waals surface area contributed by atoms with E-state index in [1.807, 2.05) is 32.9 Å². The number of nitrogens with zero attached hydrogens (tertiary/aromatic N) is 2. The monoisotopic (exact) mass is 445 g/mol. The van der Waals surface area contributed by atoms with Crippen molar-refractivity contribution >= 4 is 44.9 Å². The van der Waals surface area contributed by atoms with E-state index in [1.54, 1.807) is 23.8 Å². The van der Waals surface area contributed by atoms with Gasteiger partial charge in [0.25, 0.3) is 5.56 Å². The molecule has 0 spiro atoms. The van der Waals surface area contributed by atoms with Crippen molar-refractivity contribution in [1.29, 1.82) is 0 Å². The first-order valence-corrected chi connectivity index (χ1v) is 11.7. The minimum atomic E-state index is -0.436. The molecule has 0 bridgehead atoms. The van der Waals surface area contributed by atoms with Crippen LogP contribution in [-0.2, 0) is 11.3 Å². The van der Waals surface area contributed by atoms with Crippen LogP contribution in [0.5, 0.6) is 5.75 Å². The van der Waals surface area contributed by atoms with Gasteiger partial charge in [-0.15, -0.1) is 11.3 Å². The molecule has 1 N–H and O–H groups in total. The molecule has 0 saturated carbocycles. The number of hydrogen-bond donors (Lipinski definition) is 1. The molecule has 0 aliphatic heterocycles. The predicted molar refractivity (Wildman–Crippen MR) is 125 cm³/mol. The number of benzene rings is 1. The summed E-state index contributed by atoms with van der Waals surface area (Å²) in [4.78, 5) is 32.6. The summed E-state index contributed by atoms with van der Waals surface area (Å²) in [6.07, 6.45) is 1.85. The summed E-state index contributed by atoms with van der Waals surface area (Å²) in [5.41, 5.74) is 1.60. The van der Waals surface area contributed by atoms with Crippen LogP contribution in [0.2, 0.25) is 0 Å². The molecule has 30 heavy (non-hydrogen) atoms. The lowest BCUT2D eigenvalue weighted by molar-refractivity contribution is -0.115. The fourth-order valence-electron chi connectivity index (χ4n) is 3.11. The number of thiophene rings is 1. The minimum absolute atomic E-state index is 0.0184. The number of methoxy groups -OCH3 is 1. The van der Waals surface area contributed by atoms with Gasteiger partial charge in [0.1, 0.15) is 10.6 Å². The molecule has 0 aliphatic carbocycles. The van der Waals surface area contributed by atoms with E-state index in [2.05, 4.69) is 12.2 Å². The average molecular weight is 446 g/mol. The second kappa shape index (κ2) is 9.66. The first-order chi connectivity index (χ1) is 14.4. The summed E-state index contributed by atoms with van der Waals surface area (Å²) in [5.74, 6) is 0.436. The average Bonchev–Trinajstić information content (AvgIpc) is 3.01. The number of amides is 1. The molecule has 0 aliphatic rings. The van der Waals surface area contributed by atoms with Crippen LogP contribution in [-0.4, -0.2) is 27.8 Å². The van der Waals surface area contributed by atoms with Gasteiger partial charge in [-0.25, -0.2) is 4.98 Å². The van der Waals surface area contributed by atoms with Gasteiger partial charge >= 0.3 is 0 Å². The van der Waals surface area contributed by atoms with E-state index in [9.17, 15) is 9.59 Å². The van der Waals surface area contributed by atoms with Crippen molar-refractivity contribution in [2.24, 2.45) is 0 Å². The smallest absolute Gasteiger partial charge is 0.263 e. The second-order valence-electron chi connectivity index (χ2n) is 7.12. The highest BCUT2D eigenvalue weighted by Gasteiger charge is 2.22. The molecule has 1 amide bonds. The molecule has 1 atom stereocenters. The van der Waals surface area contributed by atoms with E-state index < -0.39 is 5.25 Å². The van der Waals surface area contributed by atoms with Crippen LogP contribution in [0, 0.1) is 13.8 Å². The van der Waals surface area contributed by atoms with Crippen molar-refractivity contribution in [3.63, 3.8) is 0 Å². The summed E-state index contributed by atoms with van der Waals surface area (Å²) in [5, 5.41) is 3.76. The van der Waals surface area contributed by atoms with Gasteiger partial charge in [-0.2, -0.15) is 0 Å². The number of unbranched alkanes of at least 4 members (excludes halogenated alkanes) is 1. The van der Waals surface area contributed by atoms with Gasteiger partial charge in [-0.05, 0) is 44.9 Å². The van der Waals surface area contributed by atoms with Gasteiger partial charge in [-0.1, -0.05) is 37.2 Å². The van der Waals surface area contributed by atoms with Gasteiger partial charge in [0.15, 0.2) is 5.16 Å². The molecule has 1 aromatic carbocycles. The maximum atomic E-state index is 13.2. The Balaban J connectivity index is 1.91. The standard InChI is InChI=1S/C22H27N3O3S2/c1-6-7-12-25-21(27)18-13(2)14(3)29-20(18)24-22(25)30-15(4)19(26)23-16-10-8-9-11-17(16)28-5/h8-11,15H,6-7,12H2,1-5H3,(H,23,26)/t15-/m0/s1. The molecule has 0 unspecified atom stereocenters. The molecule has 0 radical (unpaired) electrons. The molecule has 0 fully saturated rings. The Bertz CT molecular complexity index is 1120. The lowest BCUT2D eigenvalue weighted by Gasteiger charge is -2.16. The third kappa shape index (κ3) is 4.54. The van der Waals surface area contributed by atoms with Crippen molar-refractivity contribution in [2.75, 3.05) is 12.4 Å². The van der Waals surface area contributed by atoms with E-state index in [0.29, 0.717) is 28.5 Å². The molecule has 160 valence electrons. The number of aryl methyl sites for hydroxylation is 2. The maximum Gasteiger partial charge on any atom is 0.263 e. The highest BCUT2D eigenvalue weighted by Crippen LogP contribution is 2.31. The Labute approximate surface area is 184 Å². The number of anilines is 1. The maximum absolute atomic E-state index is 13.2. The van der Waals surface area contributed by atoms with Crippen LogP contribution in [0.3, 0.4) is 0 Å². The number of carbonyl (C=O) groups excluding carboxylic acids is 1. The number of thioether (sulfide) groups is 1. The number of para-hydroxylation sites is 2. The van der Waals surface area contributed by atoms with E-state index in [1.165, 1.54) is 23.1 Å². The van der Waals surface area contributed by atoms with Crippen LogP contribution >= 0.6 is 23.1 Å². The highest BCUT2D eigenvalue weighted by molar-refractivity contribution is 8.00. The van der Waals surface area contributed by atoms with Gasteiger partial charge in [0.05, 0.1) is 23.4 Å². The minimum Gasteiger partial charge on any atom is -0.495 e. The Morgan fingerprint density at radius 3 is 2.77 bits per heavy atom. The first-order valence-electron chi connectivity index (χ1n) is 9.98. The molecular weight excluding hydrogens is 418 g/mol. The highest BCUT2D eigenvalue weighted by atomic mass is 32.2. The van der Waals surface area contributed by atoms with Gasteiger partial charge in [0, 0.05) is 11.4 Å². The number of rotatable bonds is 8. The second-order valence-corrected chi connectivity index (χ2v) is 9.63. The molecular formula is C22H27N3O3S2. The quantitative estimate of drug-likeness (QED) is 0.390. The molecule has 0 saturated heterocycles. The Morgan fingerprint density at radius 1 is 1.33 bits per heavy atom. The molecule has 3 rings (SSSR count). The van der Waals surface area contributed by atoms with Crippen molar-refractivity contribution in [1.82, 2.24) is 9.55 Å². The number of fused-ring (bicyclic) bond motifs is 1. The summed E-state index contributed by atoms with van der Waals surface area (Å²) in [6.45, 7) is 8.48.